The lowest BCUT2D eigenvalue weighted by atomic mass is 9.82. The van der Waals surface area contributed by atoms with Crippen LogP contribution in [0.15, 0.2) is 15.5 Å². The fraction of sp³-hybridized carbons (Fsp3) is 0.692. The van der Waals surface area contributed by atoms with E-state index >= 15 is 0 Å². The number of aliphatic hydroxyl groups is 1. The Hall–Kier alpha value is -0.880. The fourth-order valence-corrected chi connectivity index (χ4v) is 3.02. The average Bonchev–Trinajstić information content (AvgIpc) is 2.45. The van der Waals surface area contributed by atoms with Gasteiger partial charge in [-0.25, -0.2) is 4.68 Å². The average molecular weight is 330 g/mol. The molecule has 19 heavy (non-hydrogen) atoms. The summed E-state index contributed by atoms with van der Waals surface area (Å²) < 4.78 is 1.89. The summed E-state index contributed by atoms with van der Waals surface area (Å²) in [5.41, 5.74) is 0.217. The van der Waals surface area contributed by atoms with Gasteiger partial charge in [-0.3, -0.25) is 4.79 Å². The van der Waals surface area contributed by atoms with Gasteiger partial charge in [0.25, 0.3) is 5.56 Å². The van der Waals surface area contributed by atoms with Crippen LogP contribution in [0.4, 0.5) is 5.69 Å². The zero-order valence-electron chi connectivity index (χ0n) is 11.2. The molecular weight excluding hydrogens is 310 g/mol. The number of nitrogens with one attached hydrogen (secondary N) is 1. The molecule has 1 heterocycles. The fourth-order valence-electron chi connectivity index (χ4n) is 2.61. The molecule has 0 aromatic carbocycles. The van der Waals surface area contributed by atoms with Crippen LogP contribution in [-0.4, -0.2) is 27.0 Å². The van der Waals surface area contributed by atoms with Crippen molar-refractivity contribution >= 4 is 21.6 Å². The van der Waals surface area contributed by atoms with Gasteiger partial charge in [-0.1, -0.05) is 19.3 Å². The minimum absolute atomic E-state index is 0.0797. The molecule has 0 unspecified atom stereocenters. The molecule has 1 saturated carbocycles. The van der Waals surface area contributed by atoms with E-state index in [2.05, 4.69) is 26.3 Å². The lowest BCUT2D eigenvalue weighted by Gasteiger charge is -2.37. The molecule has 6 heteroatoms. The Balaban J connectivity index is 2.27. The second-order valence-electron chi connectivity index (χ2n) is 5.12. The van der Waals surface area contributed by atoms with Crippen LogP contribution in [0.3, 0.4) is 0 Å². The number of aromatic nitrogens is 2. The molecule has 2 N–H and O–H groups in total. The van der Waals surface area contributed by atoms with Crippen LogP contribution in [-0.2, 0) is 6.54 Å². The highest BCUT2D eigenvalue weighted by molar-refractivity contribution is 9.10. The second kappa shape index (κ2) is 6.05. The third kappa shape index (κ3) is 3.00. The van der Waals surface area contributed by atoms with Gasteiger partial charge in [-0.15, -0.1) is 0 Å². The van der Waals surface area contributed by atoms with E-state index in [1.165, 1.54) is 11.1 Å². The van der Waals surface area contributed by atoms with Crippen molar-refractivity contribution in [2.75, 3.05) is 11.9 Å². The smallest absolute Gasteiger partial charge is 0.283 e. The normalized spacial score (nSPS) is 18.3. The van der Waals surface area contributed by atoms with Crippen molar-refractivity contribution in [1.82, 2.24) is 9.78 Å². The second-order valence-corrected chi connectivity index (χ2v) is 5.91. The van der Waals surface area contributed by atoms with Crippen molar-refractivity contribution < 1.29 is 5.11 Å². The van der Waals surface area contributed by atoms with Crippen molar-refractivity contribution in [2.24, 2.45) is 0 Å². The Morgan fingerprint density at radius 1 is 1.47 bits per heavy atom. The lowest BCUT2D eigenvalue weighted by Crippen LogP contribution is -2.44. The van der Waals surface area contributed by atoms with Crippen LogP contribution in [0, 0.1) is 0 Å². The first-order chi connectivity index (χ1) is 9.12. The van der Waals surface area contributed by atoms with Gasteiger partial charge in [0, 0.05) is 6.54 Å². The first-order valence-corrected chi connectivity index (χ1v) is 7.56. The molecule has 0 bridgehead atoms. The van der Waals surface area contributed by atoms with Gasteiger partial charge < -0.3 is 10.4 Å². The Morgan fingerprint density at radius 2 is 2.16 bits per heavy atom. The Labute approximate surface area is 121 Å². The molecule has 1 aromatic rings. The third-order valence-corrected chi connectivity index (χ3v) is 4.56. The Kier molecular flexibility index (Phi) is 4.62. The quantitative estimate of drug-likeness (QED) is 0.888. The van der Waals surface area contributed by atoms with Crippen LogP contribution in [0.2, 0.25) is 0 Å². The minimum atomic E-state index is -0.312. The number of anilines is 1. The number of aryl methyl sites for hydroxylation is 1. The molecule has 0 radical (unpaired) electrons. The maximum absolute atomic E-state index is 12.0. The van der Waals surface area contributed by atoms with E-state index in [-0.39, 0.29) is 17.7 Å². The van der Waals surface area contributed by atoms with E-state index in [1.54, 1.807) is 6.20 Å². The SMILES string of the molecule is CCn1ncc(NC2(CO)CCCCC2)c(Br)c1=O. The monoisotopic (exact) mass is 329 g/mol. The molecule has 1 aliphatic rings. The lowest BCUT2D eigenvalue weighted by molar-refractivity contribution is 0.172. The summed E-state index contributed by atoms with van der Waals surface area (Å²) in [5, 5.41) is 17.1. The highest BCUT2D eigenvalue weighted by atomic mass is 79.9. The highest BCUT2D eigenvalue weighted by Crippen LogP contribution is 2.32. The summed E-state index contributed by atoms with van der Waals surface area (Å²) in [4.78, 5) is 12.0. The number of hydrogen-bond donors (Lipinski definition) is 2. The molecule has 106 valence electrons. The van der Waals surface area contributed by atoms with Crippen LogP contribution < -0.4 is 10.9 Å². The molecule has 2 rings (SSSR count). The highest BCUT2D eigenvalue weighted by Gasteiger charge is 2.32. The Bertz CT molecular complexity index is 495. The van der Waals surface area contributed by atoms with Gasteiger partial charge in [0.15, 0.2) is 0 Å². The summed E-state index contributed by atoms with van der Waals surface area (Å²) in [7, 11) is 0. The van der Waals surface area contributed by atoms with Gasteiger partial charge in [-0.2, -0.15) is 5.10 Å². The van der Waals surface area contributed by atoms with Gasteiger partial charge >= 0.3 is 0 Å². The van der Waals surface area contributed by atoms with Crippen molar-refractivity contribution in [2.45, 2.75) is 51.1 Å². The molecule has 1 fully saturated rings. The zero-order chi connectivity index (χ0) is 13.9. The molecule has 0 spiro atoms. The predicted molar refractivity (Wildman–Crippen MR) is 78.4 cm³/mol. The molecule has 1 aliphatic carbocycles. The van der Waals surface area contributed by atoms with E-state index in [1.807, 2.05) is 6.92 Å². The topological polar surface area (TPSA) is 67.2 Å². The minimum Gasteiger partial charge on any atom is -0.394 e. The van der Waals surface area contributed by atoms with Crippen LogP contribution >= 0.6 is 15.9 Å². The first-order valence-electron chi connectivity index (χ1n) is 6.76. The van der Waals surface area contributed by atoms with E-state index in [9.17, 15) is 9.90 Å². The summed E-state index contributed by atoms with van der Waals surface area (Å²) >= 11 is 3.33. The third-order valence-electron chi connectivity index (χ3n) is 3.80. The maximum atomic E-state index is 12.0. The van der Waals surface area contributed by atoms with Crippen LogP contribution in [0.25, 0.3) is 0 Å². The molecule has 5 nitrogen and oxygen atoms in total. The summed E-state index contributed by atoms with van der Waals surface area (Å²) in [6.07, 6.45) is 6.91. The largest absolute Gasteiger partial charge is 0.394 e. The van der Waals surface area contributed by atoms with E-state index in [0.29, 0.717) is 16.7 Å². The number of rotatable bonds is 4. The van der Waals surface area contributed by atoms with Crippen molar-refractivity contribution in [3.05, 3.63) is 21.0 Å². The molecular formula is C13H20BrN3O2. The number of halogens is 1. The number of nitrogens with zero attached hydrogens (tertiary/aromatic N) is 2. The molecule has 0 aliphatic heterocycles. The first kappa shape index (κ1) is 14.5. The van der Waals surface area contributed by atoms with Crippen LogP contribution in [0.1, 0.15) is 39.0 Å². The van der Waals surface area contributed by atoms with Crippen molar-refractivity contribution in [1.29, 1.82) is 0 Å². The summed E-state index contributed by atoms with van der Waals surface area (Å²) in [6.45, 7) is 2.50. The zero-order valence-corrected chi connectivity index (χ0v) is 12.7. The van der Waals surface area contributed by atoms with Gasteiger partial charge in [0.05, 0.1) is 24.0 Å². The predicted octanol–water partition coefficient (Wildman–Crippen LogP) is 2.13. The summed E-state index contributed by atoms with van der Waals surface area (Å²) in [5.74, 6) is 0. The molecule has 0 amide bonds. The van der Waals surface area contributed by atoms with Crippen molar-refractivity contribution in [3.63, 3.8) is 0 Å². The summed E-state index contributed by atoms with van der Waals surface area (Å²) in [6, 6.07) is 0. The van der Waals surface area contributed by atoms with E-state index in [0.717, 1.165) is 25.7 Å². The number of hydrogen-bond acceptors (Lipinski definition) is 4. The molecule has 0 saturated heterocycles. The molecule has 0 atom stereocenters. The van der Waals surface area contributed by atoms with E-state index in [4.69, 9.17) is 0 Å². The van der Waals surface area contributed by atoms with Gasteiger partial charge in [0.1, 0.15) is 4.47 Å². The number of aliphatic hydroxyl groups excluding tert-OH is 1. The van der Waals surface area contributed by atoms with Crippen LogP contribution in [0.5, 0.6) is 0 Å². The van der Waals surface area contributed by atoms with E-state index < -0.39 is 0 Å². The van der Waals surface area contributed by atoms with Crippen molar-refractivity contribution in [3.8, 4) is 0 Å². The van der Waals surface area contributed by atoms with Gasteiger partial charge in [0.2, 0.25) is 0 Å². The maximum Gasteiger partial charge on any atom is 0.283 e. The standard InChI is InChI=1S/C13H20BrN3O2/c1-2-17-12(19)11(14)10(8-15-17)16-13(9-18)6-4-3-5-7-13/h8,16,18H,2-7,9H2,1H3. The Morgan fingerprint density at radius 3 is 2.74 bits per heavy atom. The van der Waals surface area contributed by atoms with Gasteiger partial charge in [-0.05, 0) is 35.7 Å². The molecule has 1 aromatic heterocycles.